The average molecular weight is 896 g/mol. The zero-order valence-electron chi connectivity index (χ0n) is 42.2. The molecule has 2 unspecified atom stereocenters. The van der Waals surface area contributed by atoms with Crippen LogP contribution in [-0.4, -0.2) is 47.4 Å². The molecule has 372 valence electrons. The molecular formula is C58H105NO5. The van der Waals surface area contributed by atoms with Gasteiger partial charge in [0.2, 0.25) is 5.91 Å². The fourth-order valence-electron chi connectivity index (χ4n) is 7.99. The van der Waals surface area contributed by atoms with Crippen molar-refractivity contribution in [1.29, 1.82) is 0 Å². The SMILES string of the molecule is CCCCCC/C=C\C/C=C\CCCCCCCC(=O)OCCCCC/C=C\C/C=C\CCCCCCCCCC(=O)NC(CO)C(O)/C=C/CCCCCCCCCCCCCC. The topological polar surface area (TPSA) is 95.9 Å². The highest BCUT2D eigenvalue weighted by molar-refractivity contribution is 5.76. The summed E-state index contributed by atoms with van der Waals surface area (Å²) < 4.78 is 5.44. The number of carbonyl (C=O) groups excluding carboxylic acids is 2. The zero-order valence-corrected chi connectivity index (χ0v) is 42.2. The Balaban J connectivity index is 3.55. The summed E-state index contributed by atoms with van der Waals surface area (Å²) in [7, 11) is 0. The first-order valence-corrected chi connectivity index (χ1v) is 27.6. The van der Waals surface area contributed by atoms with E-state index >= 15 is 0 Å². The van der Waals surface area contributed by atoms with Gasteiger partial charge < -0.3 is 20.3 Å². The van der Waals surface area contributed by atoms with Crippen molar-refractivity contribution in [2.45, 2.75) is 283 Å². The van der Waals surface area contributed by atoms with Gasteiger partial charge in [-0.25, -0.2) is 0 Å². The lowest BCUT2D eigenvalue weighted by atomic mass is 10.0. The predicted molar refractivity (Wildman–Crippen MR) is 278 cm³/mol. The number of hydrogen-bond acceptors (Lipinski definition) is 5. The molecule has 0 saturated carbocycles. The van der Waals surface area contributed by atoms with Gasteiger partial charge >= 0.3 is 5.97 Å². The van der Waals surface area contributed by atoms with E-state index in [0.717, 1.165) is 96.3 Å². The Kier molecular flexibility index (Phi) is 51.2. The van der Waals surface area contributed by atoms with Crippen molar-refractivity contribution in [3.05, 3.63) is 60.8 Å². The van der Waals surface area contributed by atoms with Gasteiger partial charge in [-0.1, -0.05) is 216 Å². The number of aliphatic hydroxyl groups is 2. The number of hydrogen-bond donors (Lipinski definition) is 3. The number of esters is 1. The molecule has 6 heteroatoms. The Morgan fingerprint density at radius 1 is 0.438 bits per heavy atom. The van der Waals surface area contributed by atoms with Crippen LogP contribution in [0, 0.1) is 0 Å². The van der Waals surface area contributed by atoms with Crippen molar-refractivity contribution in [2.24, 2.45) is 0 Å². The third kappa shape index (κ3) is 49.0. The van der Waals surface area contributed by atoms with Crippen LogP contribution >= 0.6 is 0 Å². The summed E-state index contributed by atoms with van der Waals surface area (Å²) in [5.41, 5.74) is 0. The minimum Gasteiger partial charge on any atom is -0.466 e. The van der Waals surface area contributed by atoms with Gasteiger partial charge in [-0.05, 0) is 103 Å². The van der Waals surface area contributed by atoms with E-state index in [4.69, 9.17) is 4.74 Å². The van der Waals surface area contributed by atoms with Gasteiger partial charge in [-0.2, -0.15) is 0 Å². The Morgan fingerprint density at radius 2 is 0.781 bits per heavy atom. The fourth-order valence-corrected chi connectivity index (χ4v) is 7.99. The van der Waals surface area contributed by atoms with Crippen molar-refractivity contribution in [3.8, 4) is 0 Å². The summed E-state index contributed by atoms with van der Waals surface area (Å²) in [6, 6.07) is -0.641. The lowest BCUT2D eigenvalue weighted by molar-refractivity contribution is -0.143. The Morgan fingerprint density at radius 3 is 1.20 bits per heavy atom. The van der Waals surface area contributed by atoms with Crippen LogP contribution in [0.4, 0.5) is 0 Å². The van der Waals surface area contributed by atoms with Crippen molar-refractivity contribution in [2.75, 3.05) is 13.2 Å². The van der Waals surface area contributed by atoms with Crippen LogP contribution in [-0.2, 0) is 14.3 Å². The van der Waals surface area contributed by atoms with Gasteiger partial charge in [0.05, 0.1) is 25.4 Å². The van der Waals surface area contributed by atoms with Crippen molar-refractivity contribution in [1.82, 2.24) is 5.32 Å². The maximum absolute atomic E-state index is 12.4. The lowest BCUT2D eigenvalue weighted by Gasteiger charge is -2.20. The maximum atomic E-state index is 12.4. The molecule has 0 aromatic rings. The quantitative estimate of drug-likeness (QED) is 0.0321. The molecule has 0 aromatic heterocycles. The maximum Gasteiger partial charge on any atom is 0.305 e. The number of carbonyl (C=O) groups is 2. The number of amides is 1. The molecule has 3 N–H and O–H groups in total. The number of nitrogens with one attached hydrogen (secondary N) is 1. The van der Waals surface area contributed by atoms with Crippen molar-refractivity contribution in [3.63, 3.8) is 0 Å². The molecule has 0 rings (SSSR count). The van der Waals surface area contributed by atoms with Crippen LogP contribution in [0.15, 0.2) is 60.8 Å². The van der Waals surface area contributed by atoms with Crippen LogP contribution in [0.2, 0.25) is 0 Å². The first kappa shape index (κ1) is 61.6. The van der Waals surface area contributed by atoms with Crippen LogP contribution in [0.5, 0.6) is 0 Å². The molecule has 0 heterocycles. The molecule has 1 amide bonds. The van der Waals surface area contributed by atoms with E-state index in [1.807, 2.05) is 6.08 Å². The number of rotatable bonds is 50. The van der Waals surface area contributed by atoms with Crippen LogP contribution < -0.4 is 5.32 Å². The number of aliphatic hydroxyl groups excluding tert-OH is 2. The molecule has 0 spiro atoms. The minimum absolute atomic E-state index is 0.0309. The highest BCUT2D eigenvalue weighted by Gasteiger charge is 2.18. The van der Waals surface area contributed by atoms with Crippen LogP contribution in [0.3, 0.4) is 0 Å². The normalized spacial score (nSPS) is 13.1. The van der Waals surface area contributed by atoms with Crippen LogP contribution in [0.25, 0.3) is 0 Å². The molecule has 64 heavy (non-hydrogen) atoms. The summed E-state index contributed by atoms with van der Waals surface area (Å²) in [6.45, 7) is 4.82. The lowest BCUT2D eigenvalue weighted by Crippen LogP contribution is -2.45. The van der Waals surface area contributed by atoms with Gasteiger partial charge in [-0.15, -0.1) is 0 Å². The molecule has 0 radical (unpaired) electrons. The summed E-state index contributed by atoms with van der Waals surface area (Å²) in [6.07, 6.45) is 68.0. The highest BCUT2D eigenvalue weighted by atomic mass is 16.5. The Hall–Kier alpha value is -2.44. The molecule has 2 atom stereocenters. The smallest absolute Gasteiger partial charge is 0.305 e. The highest BCUT2D eigenvalue weighted by Crippen LogP contribution is 2.15. The van der Waals surface area contributed by atoms with Gasteiger partial charge in [0.15, 0.2) is 0 Å². The molecule has 0 aliphatic heterocycles. The zero-order chi connectivity index (χ0) is 46.5. The Bertz CT molecular complexity index is 1130. The van der Waals surface area contributed by atoms with E-state index < -0.39 is 12.1 Å². The molecular weight excluding hydrogens is 791 g/mol. The molecule has 0 fully saturated rings. The molecule has 0 aromatic carbocycles. The van der Waals surface area contributed by atoms with Gasteiger partial charge in [-0.3, -0.25) is 9.59 Å². The Labute approximate surface area is 397 Å². The van der Waals surface area contributed by atoms with E-state index in [1.54, 1.807) is 6.08 Å². The minimum atomic E-state index is -0.856. The predicted octanol–water partition coefficient (Wildman–Crippen LogP) is 16.8. The standard InChI is InChI=1S/C58H105NO5/c1-3-5-7-9-11-13-15-17-19-24-28-32-36-40-44-48-52-58(63)64-53-49-45-41-37-33-29-25-22-20-21-23-27-31-35-39-43-47-51-57(62)59-55(54-60)56(61)50-46-42-38-34-30-26-18-16-14-12-10-8-6-4-2/h13,15,19-20,22,24,29,33,46,50,55-56,60-61H,3-12,14,16-18,21,23,25-28,30-32,34-45,47-49,51-54H2,1-2H3,(H,59,62)/b15-13-,22-20-,24-19-,33-29-,50-46+. The van der Waals surface area contributed by atoms with Gasteiger partial charge in [0.25, 0.3) is 0 Å². The molecule has 0 bridgehead atoms. The summed E-state index contributed by atoms with van der Waals surface area (Å²) in [5, 5.41) is 23.0. The summed E-state index contributed by atoms with van der Waals surface area (Å²) in [4.78, 5) is 24.5. The third-order valence-corrected chi connectivity index (χ3v) is 12.3. The van der Waals surface area contributed by atoms with Gasteiger partial charge in [0.1, 0.15) is 0 Å². The fraction of sp³-hybridized carbons (Fsp3) is 0.793. The first-order chi connectivity index (χ1) is 31.5. The molecule has 6 nitrogen and oxygen atoms in total. The molecule has 0 saturated heterocycles. The monoisotopic (exact) mass is 896 g/mol. The van der Waals surface area contributed by atoms with Gasteiger partial charge in [0, 0.05) is 12.8 Å². The second-order valence-corrected chi connectivity index (χ2v) is 18.5. The molecule has 0 aliphatic carbocycles. The largest absolute Gasteiger partial charge is 0.466 e. The average Bonchev–Trinajstić information content (AvgIpc) is 3.29. The van der Waals surface area contributed by atoms with E-state index in [0.29, 0.717) is 19.4 Å². The number of allylic oxidation sites excluding steroid dienone is 9. The van der Waals surface area contributed by atoms with E-state index in [9.17, 15) is 19.8 Å². The second kappa shape index (κ2) is 53.2. The first-order valence-electron chi connectivity index (χ1n) is 27.6. The van der Waals surface area contributed by atoms with E-state index in [2.05, 4.69) is 67.8 Å². The molecule has 0 aliphatic rings. The third-order valence-electron chi connectivity index (χ3n) is 12.3. The number of unbranched alkanes of at least 4 members (excludes halogenated alkanes) is 31. The van der Waals surface area contributed by atoms with Crippen molar-refractivity contribution < 1.29 is 24.5 Å². The van der Waals surface area contributed by atoms with E-state index in [-0.39, 0.29) is 18.5 Å². The number of ether oxygens (including phenoxy) is 1. The summed E-state index contributed by atoms with van der Waals surface area (Å²) in [5.74, 6) is -0.117. The van der Waals surface area contributed by atoms with E-state index in [1.165, 1.54) is 148 Å². The summed E-state index contributed by atoms with van der Waals surface area (Å²) >= 11 is 0. The second-order valence-electron chi connectivity index (χ2n) is 18.5. The van der Waals surface area contributed by atoms with Crippen molar-refractivity contribution >= 4 is 11.9 Å². The van der Waals surface area contributed by atoms with Crippen LogP contribution in [0.1, 0.15) is 271 Å².